The number of nitrogen functional groups attached to an aromatic ring is 1. The lowest BCUT2D eigenvalue weighted by molar-refractivity contribution is -0.121. The van der Waals surface area contributed by atoms with E-state index < -0.39 is 5.91 Å². The van der Waals surface area contributed by atoms with Crippen LogP contribution in [0.15, 0.2) is 4.63 Å². The molecule has 4 N–H and O–H groups in total. The van der Waals surface area contributed by atoms with Gasteiger partial charge in [0.1, 0.15) is 0 Å². The minimum Gasteiger partial charge on any atom is -0.379 e. The summed E-state index contributed by atoms with van der Waals surface area (Å²) in [5, 5.41) is 6.48. The van der Waals surface area contributed by atoms with Crippen molar-refractivity contribution >= 4 is 17.6 Å². The van der Waals surface area contributed by atoms with Crippen molar-refractivity contribution in [3.05, 3.63) is 5.69 Å². The zero-order valence-corrected chi connectivity index (χ0v) is 8.11. The van der Waals surface area contributed by atoms with Crippen LogP contribution in [-0.4, -0.2) is 22.1 Å². The summed E-state index contributed by atoms with van der Waals surface area (Å²) in [6, 6.07) is 0. The molecule has 1 heterocycles. The van der Waals surface area contributed by atoms with Crippen LogP contribution in [-0.2, 0) is 4.79 Å². The quantitative estimate of drug-likeness (QED) is 0.565. The van der Waals surface area contributed by atoms with Crippen molar-refractivity contribution in [2.75, 3.05) is 5.73 Å². The van der Waals surface area contributed by atoms with Crippen molar-refractivity contribution < 1.29 is 14.2 Å². The fraction of sp³-hybridized carbons (Fsp3) is 0.429. The molecule has 15 heavy (non-hydrogen) atoms. The molecule has 8 nitrogen and oxygen atoms in total. The van der Waals surface area contributed by atoms with E-state index in [0.29, 0.717) is 12.8 Å². The molecule has 0 aliphatic heterocycles. The lowest BCUT2D eigenvalue weighted by atomic mass is 10.3. The van der Waals surface area contributed by atoms with Crippen LogP contribution in [0.2, 0.25) is 0 Å². The van der Waals surface area contributed by atoms with Crippen LogP contribution in [0.5, 0.6) is 0 Å². The molecular weight excluding hydrogens is 202 g/mol. The Labute approximate surface area is 85.1 Å². The number of rotatable bonds is 3. The first-order valence-electron chi connectivity index (χ1n) is 4.32. The molecule has 8 heteroatoms. The molecule has 0 aliphatic rings. The van der Waals surface area contributed by atoms with Gasteiger partial charge in [-0.3, -0.25) is 20.4 Å². The number of amides is 2. The summed E-state index contributed by atoms with van der Waals surface area (Å²) in [4.78, 5) is 22.3. The molecule has 0 aromatic carbocycles. The standard InChI is InChI=1S/C7H11N5O3/c1-2-3-4(13)9-10-7(14)5-6(8)12-15-11-5/h2-3H2,1H3,(H2,8,12)(H,9,13)(H,10,14). The average Bonchev–Trinajstić information content (AvgIpc) is 2.61. The third-order valence-corrected chi connectivity index (χ3v) is 1.52. The molecule has 0 aliphatic carbocycles. The van der Waals surface area contributed by atoms with Gasteiger partial charge in [-0.05, 0) is 16.7 Å². The Hall–Kier alpha value is -2.12. The van der Waals surface area contributed by atoms with E-state index in [9.17, 15) is 9.59 Å². The molecule has 0 fully saturated rings. The second-order valence-electron chi connectivity index (χ2n) is 2.75. The fourth-order valence-corrected chi connectivity index (χ4v) is 0.828. The third-order valence-electron chi connectivity index (χ3n) is 1.52. The summed E-state index contributed by atoms with van der Waals surface area (Å²) in [7, 11) is 0. The van der Waals surface area contributed by atoms with Crippen molar-refractivity contribution in [3.8, 4) is 0 Å². The first-order chi connectivity index (χ1) is 7.15. The zero-order chi connectivity index (χ0) is 11.3. The summed E-state index contributed by atoms with van der Waals surface area (Å²) in [5.41, 5.74) is 9.43. The Kier molecular flexibility index (Phi) is 3.61. The van der Waals surface area contributed by atoms with Crippen LogP contribution >= 0.6 is 0 Å². The number of nitrogens with zero attached hydrogens (tertiary/aromatic N) is 2. The van der Waals surface area contributed by atoms with Crippen LogP contribution in [0.3, 0.4) is 0 Å². The van der Waals surface area contributed by atoms with E-state index in [2.05, 4.69) is 25.8 Å². The Morgan fingerprint density at radius 2 is 2.13 bits per heavy atom. The van der Waals surface area contributed by atoms with Crippen LogP contribution in [0.1, 0.15) is 30.3 Å². The van der Waals surface area contributed by atoms with Gasteiger partial charge in [-0.1, -0.05) is 6.92 Å². The first-order valence-corrected chi connectivity index (χ1v) is 4.32. The van der Waals surface area contributed by atoms with Gasteiger partial charge in [0, 0.05) is 6.42 Å². The minimum absolute atomic E-state index is 0.128. The fourth-order valence-electron chi connectivity index (χ4n) is 0.828. The second-order valence-corrected chi connectivity index (χ2v) is 2.75. The number of hydrogen-bond acceptors (Lipinski definition) is 6. The van der Waals surface area contributed by atoms with E-state index in [4.69, 9.17) is 5.73 Å². The summed E-state index contributed by atoms with van der Waals surface area (Å²) < 4.78 is 4.22. The topological polar surface area (TPSA) is 123 Å². The van der Waals surface area contributed by atoms with Crippen molar-refractivity contribution in [3.63, 3.8) is 0 Å². The molecule has 2 amide bonds. The van der Waals surface area contributed by atoms with Crippen LogP contribution in [0, 0.1) is 0 Å². The summed E-state index contributed by atoms with van der Waals surface area (Å²) in [5.74, 6) is -1.09. The molecule has 0 unspecified atom stereocenters. The van der Waals surface area contributed by atoms with Gasteiger partial charge in [0.2, 0.25) is 17.4 Å². The van der Waals surface area contributed by atoms with Crippen molar-refractivity contribution in [2.45, 2.75) is 19.8 Å². The predicted octanol–water partition coefficient (Wildman–Crippen LogP) is -0.787. The summed E-state index contributed by atoms with van der Waals surface area (Å²) in [6.45, 7) is 1.85. The smallest absolute Gasteiger partial charge is 0.295 e. The Morgan fingerprint density at radius 3 is 2.67 bits per heavy atom. The van der Waals surface area contributed by atoms with Gasteiger partial charge in [-0.15, -0.1) is 0 Å². The number of carbonyl (C=O) groups excluding carboxylic acids is 2. The molecule has 1 rings (SSSR count). The van der Waals surface area contributed by atoms with E-state index in [1.807, 2.05) is 6.92 Å². The maximum Gasteiger partial charge on any atom is 0.295 e. The highest BCUT2D eigenvalue weighted by Crippen LogP contribution is 2.02. The lowest BCUT2D eigenvalue weighted by Crippen LogP contribution is -2.41. The van der Waals surface area contributed by atoms with Gasteiger partial charge >= 0.3 is 0 Å². The summed E-state index contributed by atoms with van der Waals surface area (Å²) >= 11 is 0. The number of hydrogen-bond donors (Lipinski definition) is 3. The van der Waals surface area contributed by atoms with Crippen molar-refractivity contribution in [1.82, 2.24) is 21.2 Å². The zero-order valence-electron chi connectivity index (χ0n) is 8.11. The molecule has 0 atom stereocenters. The van der Waals surface area contributed by atoms with E-state index in [-0.39, 0.29) is 17.4 Å². The van der Waals surface area contributed by atoms with E-state index in [1.54, 1.807) is 0 Å². The highest BCUT2D eigenvalue weighted by atomic mass is 16.6. The van der Waals surface area contributed by atoms with Crippen LogP contribution in [0.25, 0.3) is 0 Å². The average molecular weight is 213 g/mol. The number of aromatic nitrogens is 2. The van der Waals surface area contributed by atoms with Gasteiger partial charge in [-0.2, -0.15) is 0 Å². The number of carbonyl (C=O) groups is 2. The molecule has 0 spiro atoms. The highest BCUT2D eigenvalue weighted by molar-refractivity contribution is 5.96. The van der Waals surface area contributed by atoms with Crippen LogP contribution in [0.4, 0.5) is 5.82 Å². The minimum atomic E-state index is -0.668. The maximum atomic E-state index is 11.3. The molecule has 82 valence electrons. The van der Waals surface area contributed by atoms with Crippen LogP contribution < -0.4 is 16.6 Å². The number of hydrazine groups is 1. The van der Waals surface area contributed by atoms with Crippen molar-refractivity contribution in [1.29, 1.82) is 0 Å². The molecule has 0 saturated heterocycles. The largest absolute Gasteiger partial charge is 0.379 e. The Bertz CT molecular complexity index is 361. The number of nitrogens with two attached hydrogens (primary N) is 1. The predicted molar refractivity (Wildman–Crippen MR) is 49.2 cm³/mol. The number of anilines is 1. The van der Waals surface area contributed by atoms with Gasteiger partial charge < -0.3 is 5.73 Å². The monoisotopic (exact) mass is 213 g/mol. The second kappa shape index (κ2) is 4.94. The van der Waals surface area contributed by atoms with Gasteiger partial charge in [0.15, 0.2) is 0 Å². The SMILES string of the molecule is CCCC(=O)NNC(=O)c1nonc1N. The molecule has 0 saturated carbocycles. The van der Waals surface area contributed by atoms with E-state index in [0.717, 1.165) is 0 Å². The molecular formula is C7H11N5O3. The Balaban J connectivity index is 2.44. The van der Waals surface area contributed by atoms with Gasteiger partial charge in [0.05, 0.1) is 0 Å². The van der Waals surface area contributed by atoms with Crippen molar-refractivity contribution in [2.24, 2.45) is 0 Å². The molecule has 0 radical (unpaired) electrons. The lowest BCUT2D eigenvalue weighted by Gasteiger charge is -2.03. The first kappa shape index (κ1) is 11.0. The highest BCUT2D eigenvalue weighted by Gasteiger charge is 2.15. The summed E-state index contributed by atoms with van der Waals surface area (Å²) in [6.07, 6.45) is 1.02. The molecule has 1 aromatic rings. The van der Waals surface area contributed by atoms with E-state index >= 15 is 0 Å². The molecule has 0 bridgehead atoms. The number of nitrogens with one attached hydrogen (secondary N) is 2. The van der Waals surface area contributed by atoms with Gasteiger partial charge in [0.25, 0.3) is 5.91 Å². The normalized spacial score (nSPS) is 9.67. The third kappa shape index (κ3) is 2.93. The maximum absolute atomic E-state index is 11.3. The molecule has 1 aromatic heterocycles. The van der Waals surface area contributed by atoms with Gasteiger partial charge in [-0.25, -0.2) is 4.63 Å². The Morgan fingerprint density at radius 1 is 1.40 bits per heavy atom. The van der Waals surface area contributed by atoms with E-state index in [1.165, 1.54) is 0 Å².